The minimum absolute atomic E-state index is 0.853. The molecule has 0 saturated heterocycles. The van der Waals surface area contributed by atoms with Crippen LogP contribution >= 0.6 is 34.7 Å². The molecular weight excluding hydrogens is 306 g/mol. The van der Waals surface area contributed by atoms with Crippen molar-refractivity contribution in [1.29, 1.82) is 0 Å². The van der Waals surface area contributed by atoms with Crippen LogP contribution in [0.25, 0.3) is 10.1 Å². The second-order valence-electron chi connectivity index (χ2n) is 4.61. The smallest absolute Gasteiger partial charge is 0.0632 e. The van der Waals surface area contributed by atoms with Crippen molar-refractivity contribution >= 4 is 50.5 Å². The Bertz CT molecular complexity index is 764. The van der Waals surface area contributed by atoms with Crippen LogP contribution < -0.4 is 5.73 Å². The predicted molar refractivity (Wildman–Crippen MR) is 92.0 cm³/mol. The number of fused-ring (bicyclic) bond motifs is 1. The van der Waals surface area contributed by atoms with Crippen molar-refractivity contribution < 1.29 is 0 Å². The lowest BCUT2D eigenvalue weighted by Crippen LogP contribution is -1.92. The predicted octanol–water partition coefficient (Wildman–Crippen LogP) is 5.74. The van der Waals surface area contributed by atoms with Crippen molar-refractivity contribution in [3.63, 3.8) is 0 Å². The molecule has 0 bridgehead atoms. The van der Waals surface area contributed by atoms with Gasteiger partial charge in [0, 0.05) is 31.3 Å². The highest BCUT2D eigenvalue weighted by atomic mass is 35.5. The molecule has 1 nitrogen and oxygen atoms in total. The van der Waals surface area contributed by atoms with Crippen LogP contribution in [0.1, 0.15) is 10.4 Å². The number of aryl methyl sites for hydroxylation is 1. The van der Waals surface area contributed by atoms with Crippen LogP contribution in [0, 0.1) is 6.92 Å². The molecule has 2 aromatic carbocycles. The van der Waals surface area contributed by atoms with E-state index in [2.05, 4.69) is 18.2 Å². The highest BCUT2D eigenvalue weighted by Crippen LogP contribution is 2.39. The fraction of sp³-hybridized carbons (Fsp3) is 0.125. The Hall–Kier alpha value is -1.16. The van der Waals surface area contributed by atoms with Crippen molar-refractivity contribution in [3.05, 3.63) is 57.9 Å². The number of hydrogen-bond acceptors (Lipinski definition) is 3. The third kappa shape index (κ3) is 2.53. The van der Waals surface area contributed by atoms with Gasteiger partial charge in [-0.25, -0.2) is 0 Å². The number of para-hydroxylation sites is 1. The number of thioether (sulfide) groups is 1. The van der Waals surface area contributed by atoms with Gasteiger partial charge in [0.15, 0.2) is 0 Å². The molecule has 0 atom stereocenters. The summed E-state index contributed by atoms with van der Waals surface area (Å²) in [6.07, 6.45) is 0. The van der Waals surface area contributed by atoms with Crippen molar-refractivity contribution in [3.8, 4) is 0 Å². The first-order chi connectivity index (χ1) is 9.66. The second kappa shape index (κ2) is 5.68. The van der Waals surface area contributed by atoms with Crippen LogP contribution in [0.15, 0.2) is 47.4 Å². The number of thiophene rings is 1. The average molecular weight is 320 g/mol. The van der Waals surface area contributed by atoms with E-state index < -0.39 is 0 Å². The Kier molecular flexibility index (Phi) is 3.92. The normalized spacial score (nSPS) is 11.1. The molecule has 4 heteroatoms. The quantitative estimate of drug-likeness (QED) is 0.492. The molecule has 20 heavy (non-hydrogen) atoms. The third-order valence-electron chi connectivity index (χ3n) is 3.24. The van der Waals surface area contributed by atoms with Crippen LogP contribution in [-0.2, 0) is 5.75 Å². The van der Waals surface area contributed by atoms with Gasteiger partial charge in [0.2, 0.25) is 0 Å². The Morgan fingerprint density at radius 1 is 1.15 bits per heavy atom. The summed E-state index contributed by atoms with van der Waals surface area (Å²) in [5.74, 6) is 0.853. The first-order valence-electron chi connectivity index (χ1n) is 6.30. The first kappa shape index (κ1) is 13.8. The van der Waals surface area contributed by atoms with Gasteiger partial charge in [-0.2, -0.15) is 0 Å². The van der Waals surface area contributed by atoms with Gasteiger partial charge in [-0.05, 0) is 24.6 Å². The Balaban J connectivity index is 1.87. The fourth-order valence-electron chi connectivity index (χ4n) is 2.08. The van der Waals surface area contributed by atoms with Crippen LogP contribution in [0.2, 0.25) is 5.02 Å². The molecule has 0 aliphatic carbocycles. The number of nitrogen functional groups attached to an aromatic ring is 1. The molecule has 3 rings (SSSR count). The summed E-state index contributed by atoms with van der Waals surface area (Å²) < 4.78 is 1.24. The summed E-state index contributed by atoms with van der Waals surface area (Å²) >= 11 is 9.96. The highest BCUT2D eigenvalue weighted by molar-refractivity contribution is 7.98. The van der Waals surface area contributed by atoms with E-state index in [0.717, 1.165) is 32.3 Å². The van der Waals surface area contributed by atoms with Crippen molar-refractivity contribution in [2.24, 2.45) is 0 Å². The largest absolute Gasteiger partial charge is 0.398 e. The maximum atomic E-state index is 6.46. The molecule has 0 unspecified atom stereocenters. The van der Waals surface area contributed by atoms with Gasteiger partial charge in [0.05, 0.1) is 5.02 Å². The van der Waals surface area contributed by atoms with E-state index in [4.69, 9.17) is 17.3 Å². The lowest BCUT2D eigenvalue weighted by molar-refractivity contribution is 1.36. The van der Waals surface area contributed by atoms with Crippen molar-refractivity contribution in [2.75, 3.05) is 5.73 Å². The van der Waals surface area contributed by atoms with Gasteiger partial charge in [-0.1, -0.05) is 41.9 Å². The van der Waals surface area contributed by atoms with Gasteiger partial charge in [-0.3, -0.25) is 0 Å². The summed E-state index contributed by atoms with van der Waals surface area (Å²) in [4.78, 5) is 2.33. The number of anilines is 1. The van der Waals surface area contributed by atoms with E-state index in [9.17, 15) is 0 Å². The summed E-state index contributed by atoms with van der Waals surface area (Å²) in [7, 11) is 0. The zero-order valence-corrected chi connectivity index (χ0v) is 13.4. The average Bonchev–Trinajstić information content (AvgIpc) is 2.78. The lowest BCUT2D eigenvalue weighted by Gasteiger charge is -2.07. The maximum Gasteiger partial charge on any atom is 0.0632 e. The molecule has 1 heterocycles. The molecule has 0 saturated carbocycles. The van der Waals surface area contributed by atoms with Gasteiger partial charge in [0.25, 0.3) is 0 Å². The van der Waals surface area contributed by atoms with E-state index in [1.54, 1.807) is 23.1 Å². The van der Waals surface area contributed by atoms with Gasteiger partial charge in [-0.15, -0.1) is 23.1 Å². The number of hydrogen-bond donors (Lipinski definition) is 1. The maximum absolute atomic E-state index is 6.46. The molecule has 0 aliphatic heterocycles. The highest BCUT2D eigenvalue weighted by Gasteiger charge is 2.11. The summed E-state index contributed by atoms with van der Waals surface area (Å²) in [5.41, 5.74) is 8.10. The van der Waals surface area contributed by atoms with E-state index in [1.165, 1.54) is 9.58 Å². The van der Waals surface area contributed by atoms with Gasteiger partial charge >= 0.3 is 0 Å². The minimum atomic E-state index is 0.853. The molecule has 0 fully saturated rings. The Morgan fingerprint density at radius 3 is 2.75 bits per heavy atom. The van der Waals surface area contributed by atoms with E-state index >= 15 is 0 Å². The molecule has 0 radical (unpaired) electrons. The zero-order valence-electron chi connectivity index (χ0n) is 11.0. The van der Waals surface area contributed by atoms with Crippen LogP contribution in [-0.4, -0.2) is 0 Å². The molecule has 2 N–H and O–H groups in total. The molecular formula is C16H14ClNS2. The number of nitrogens with two attached hydrogens (primary N) is 1. The van der Waals surface area contributed by atoms with Crippen molar-refractivity contribution in [2.45, 2.75) is 17.6 Å². The summed E-state index contributed by atoms with van der Waals surface area (Å²) in [6, 6.07) is 14.4. The van der Waals surface area contributed by atoms with Gasteiger partial charge < -0.3 is 5.73 Å². The van der Waals surface area contributed by atoms with Crippen LogP contribution in [0.3, 0.4) is 0 Å². The summed E-state index contributed by atoms with van der Waals surface area (Å²) in [5, 5.41) is 2.02. The van der Waals surface area contributed by atoms with E-state index in [0.29, 0.717) is 0 Å². The molecule has 1 aromatic heterocycles. The topological polar surface area (TPSA) is 26.0 Å². The lowest BCUT2D eigenvalue weighted by atomic mass is 10.2. The Morgan fingerprint density at radius 2 is 1.95 bits per heavy atom. The van der Waals surface area contributed by atoms with Crippen LogP contribution in [0.4, 0.5) is 5.69 Å². The second-order valence-corrected chi connectivity index (χ2v) is 7.14. The monoisotopic (exact) mass is 319 g/mol. The standard InChI is InChI=1S/C16H14ClNS2/c1-10-5-4-8-13(16(10)18)19-9-14-15(17)11-6-2-3-7-12(11)20-14/h2-8H,9,18H2,1H3. The first-order valence-corrected chi connectivity index (χ1v) is 8.48. The molecule has 0 amide bonds. The molecule has 0 aliphatic rings. The fourth-order valence-corrected chi connectivity index (χ4v) is 4.79. The molecule has 102 valence electrons. The summed E-state index contributed by atoms with van der Waals surface area (Å²) in [6.45, 7) is 2.03. The SMILES string of the molecule is Cc1cccc(SCc2sc3ccccc3c2Cl)c1N. The van der Waals surface area contributed by atoms with Gasteiger partial charge in [0.1, 0.15) is 0 Å². The third-order valence-corrected chi connectivity index (χ3v) is 6.24. The molecule has 3 aromatic rings. The van der Waals surface area contributed by atoms with E-state index in [-0.39, 0.29) is 0 Å². The zero-order chi connectivity index (χ0) is 14.1. The molecule has 0 spiro atoms. The minimum Gasteiger partial charge on any atom is -0.398 e. The van der Waals surface area contributed by atoms with Crippen LogP contribution in [0.5, 0.6) is 0 Å². The number of benzene rings is 2. The number of halogens is 1. The van der Waals surface area contributed by atoms with Crippen molar-refractivity contribution in [1.82, 2.24) is 0 Å². The Labute approximate surface area is 131 Å². The van der Waals surface area contributed by atoms with E-state index in [1.807, 2.05) is 31.2 Å². The number of rotatable bonds is 3.